The number of fused-ring (bicyclic) bond motifs is 1. The van der Waals surface area contributed by atoms with Crippen LogP contribution in [0.25, 0.3) is 10.8 Å². The zero-order chi connectivity index (χ0) is 11.0. The van der Waals surface area contributed by atoms with Gasteiger partial charge >= 0.3 is 0 Å². The van der Waals surface area contributed by atoms with Crippen LogP contribution in [-0.4, -0.2) is 12.2 Å². The predicted octanol–water partition coefficient (Wildman–Crippen LogP) is 4.08. The van der Waals surface area contributed by atoms with Crippen LogP contribution >= 0.6 is 31.9 Å². The van der Waals surface area contributed by atoms with E-state index >= 15 is 0 Å². The van der Waals surface area contributed by atoms with Crippen molar-refractivity contribution in [2.24, 2.45) is 0 Å². The Bertz CT molecular complexity index is 523. The molecule has 0 unspecified atom stereocenters. The number of rotatable bonds is 1. The lowest BCUT2D eigenvalue weighted by molar-refractivity contribution is 0.416. The Hall–Kier alpha value is -0.740. The summed E-state index contributed by atoms with van der Waals surface area (Å²) >= 11 is 6.74. The average Bonchev–Trinajstić information content (AvgIpc) is 2.25. The normalized spacial score (nSPS) is 10.6. The Morgan fingerprint density at radius 1 is 1.20 bits per heavy atom. The van der Waals surface area contributed by atoms with E-state index in [-0.39, 0.29) is 5.75 Å². The molecular weight excluding hydrogens is 324 g/mol. The van der Waals surface area contributed by atoms with E-state index in [1.165, 1.54) is 0 Å². The summed E-state index contributed by atoms with van der Waals surface area (Å²) < 4.78 is 6.78. The van der Waals surface area contributed by atoms with Crippen molar-refractivity contribution in [3.8, 4) is 11.5 Å². The molecule has 0 radical (unpaired) electrons. The third-order valence-corrected chi connectivity index (χ3v) is 3.48. The molecule has 0 aliphatic carbocycles. The first-order chi connectivity index (χ1) is 7.15. The summed E-state index contributed by atoms with van der Waals surface area (Å²) in [5.74, 6) is 0.859. The molecule has 0 amide bonds. The number of aromatic hydroxyl groups is 1. The van der Waals surface area contributed by atoms with Gasteiger partial charge in [0.1, 0.15) is 11.5 Å². The third-order valence-electron chi connectivity index (χ3n) is 2.22. The summed E-state index contributed by atoms with van der Waals surface area (Å²) in [6, 6.07) is 7.45. The molecule has 0 fully saturated rings. The molecule has 4 heteroatoms. The van der Waals surface area contributed by atoms with Crippen molar-refractivity contribution in [1.29, 1.82) is 0 Å². The summed E-state index contributed by atoms with van der Waals surface area (Å²) in [6.07, 6.45) is 0. The van der Waals surface area contributed by atoms with Crippen LogP contribution in [0.2, 0.25) is 0 Å². The van der Waals surface area contributed by atoms with Gasteiger partial charge in [-0.3, -0.25) is 0 Å². The van der Waals surface area contributed by atoms with Crippen molar-refractivity contribution in [3.05, 3.63) is 33.2 Å². The van der Waals surface area contributed by atoms with Gasteiger partial charge in [-0.05, 0) is 28.1 Å². The molecule has 2 nitrogen and oxygen atoms in total. The van der Waals surface area contributed by atoms with Crippen LogP contribution in [0.3, 0.4) is 0 Å². The summed E-state index contributed by atoms with van der Waals surface area (Å²) in [4.78, 5) is 0. The number of benzene rings is 2. The fourth-order valence-corrected chi connectivity index (χ4v) is 2.81. The van der Waals surface area contributed by atoms with E-state index in [2.05, 4.69) is 31.9 Å². The summed E-state index contributed by atoms with van der Waals surface area (Å²) in [7, 11) is 1.59. The Balaban J connectivity index is 2.96. The van der Waals surface area contributed by atoms with Crippen LogP contribution < -0.4 is 4.74 Å². The molecule has 0 aliphatic rings. The van der Waals surface area contributed by atoms with E-state index in [4.69, 9.17) is 4.74 Å². The van der Waals surface area contributed by atoms with Crippen LogP contribution in [0.1, 0.15) is 0 Å². The minimum Gasteiger partial charge on any atom is -0.506 e. The lowest BCUT2D eigenvalue weighted by Crippen LogP contribution is -1.86. The van der Waals surface area contributed by atoms with Gasteiger partial charge in [-0.2, -0.15) is 0 Å². The molecule has 2 aromatic rings. The molecule has 0 spiro atoms. The van der Waals surface area contributed by atoms with Crippen molar-refractivity contribution < 1.29 is 9.84 Å². The second kappa shape index (κ2) is 4.02. The van der Waals surface area contributed by atoms with Crippen molar-refractivity contribution in [3.63, 3.8) is 0 Å². The Labute approximate surface area is 104 Å². The minimum atomic E-state index is 0.200. The Morgan fingerprint density at radius 3 is 2.60 bits per heavy atom. The first-order valence-electron chi connectivity index (χ1n) is 4.29. The van der Waals surface area contributed by atoms with Crippen molar-refractivity contribution in [1.82, 2.24) is 0 Å². The molecule has 0 saturated carbocycles. The SMILES string of the molecule is COc1cccc2c(Br)cc(Br)c(O)c12. The largest absolute Gasteiger partial charge is 0.506 e. The number of phenolic OH excluding ortho intramolecular Hbond substituents is 1. The maximum atomic E-state index is 9.95. The first-order valence-corrected chi connectivity index (χ1v) is 5.87. The third kappa shape index (κ3) is 1.72. The number of halogens is 2. The minimum absolute atomic E-state index is 0.200. The van der Waals surface area contributed by atoms with Gasteiger partial charge in [0, 0.05) is 9.86 Å². The van der Waals surface area contributed by atoms with Crippen LogP contribution in [0.5, 0.6) is 11.5 Å². The lowest BCUT2D eigenvalue weighted by atomic mass is 10.1. The lowest BCUT2D eigenvalue weighted by Gasteiger charge is -2.09. The van der Waals surface area contributed by atoms with Gasteiger partial charge in [-0.1, -0.05) is 28.1 Å². The first kappa shape index (κ1) is 10.8. The number of hydrogen-bond acceptors (Lipinski definition) is 2. The average molecular weight is 332 g/mol. The molecule has 0 bridgehead atoms. The standard InChI is InChI=1S/C11H8Br2O2/c1-15-9-4-2-3-6-7(12)5-8(13)11(14)10(6)9/h2-5,14H,1H3. The van der Waals surface area contributed by atoms with E-state index in [9.17, 15) is 5.11 Å². The van der Waals surface area contributed by atoms with Gasteiger partial charge in [0.2, 0.25) is 0 Å². The smallest absolute Gasteiger partial charge is 0.141 e. The molecule has 0 aromatic heterocycles. The van der Waals surface area contributed by atoms with Gasteiger partial charge in [0.25, 0.3) is 0 Å². The fourth-order valence-electron chi connectivity index (χ4n) is 1.52. The van der Waals surface area contributed by atoms with E-state index in [1.54, 1.807) is 7.11 Å². The van der Waals surface area contributed by atoms with Gasteiger partial charge in [-0.15, -0.1) is 0 Å². The van der Waals surface area contributed by atoms with Crippen LogP contribution in [-0.2, 0) is 0 Å². The van der Waals surface area contributed by atoms with Crippen molar-refractivity contribution in [2.75, 3.05) is 7.11 Å². The number of hydrogen-bond donors (Lipinski definition) is 1. The molecule has 0 saturated heterocycles. The molecular formula is C11H8Br2O2. The molecule has 0 heterocycles. The maximum Gasteiger partial charge on any atom is 0.141 e. The summed E-state index contributed by atoms with van der Waals surface area (Å²) in [5.41, 5.74) is 0. The summed E-state index contributed by atoms with van der Waals surface area (Å²) in [6.45, 7) is 0. The molecule has 0 aliphatic heterocycles. The van der Waals surface area contributed by atoms with Crippen molar-refractivity contribution in [2.45, 2.75) is 0 Å². The highest BCUT2D eigenvalue weighted by atomic mass is 79.9. The zero-order valence-corrected chi connectivity index (χ0v) is 11.1. The van der Waals surface area contributed by atoms with Crippen LogP contribution in [0.15, 0.2) is 33.2 Å². The number of ether oxygens (including phenoxy) is 1. The van der Waals surface area contributed by atoms with Gasteiger partial charge < -0.3 is 9.84 Å². The number of phenols is 1. The molecule has 78 valence electrons. The topological polar surface area (TPSA) is 29.5 Å². The second-order valence-corrected chi connectivity index (χ2v) is 4.78. The summed E-state index contributed by atoms with van der Waals surface area (Å²) in [5, 5.41) is 11.6. The fraction of sp³-hybridized carbons (Fsp3) is 0.0909. The molecule has 2 rings (SSSR count). The molecule has 15 heavy (non-hydrogen) atoms. The van der Waals surface area contributed by atoms with E-state index in [0.717, 1.165) is 9.86 Å². The van der Waals surface area contributed by atoms with Gasteiger partial charge in [-0.25, -0.2) is 0 Å². The predicted molar refractivity (Wildman–Crippen MR) is 67.6 cm³/mol. The molecule has 0 atom stereocenters. The van der Waals surface area contributed by atoms with Crippen molar-refractivity contribution >= 4 is 42.6 Å². The Kier molecular flexibility index (Phi) is 2.89. The highest BCUT2D eigenvalue weighted by molar-refractivity contribution is 9.11. The monoisotopic (exact) mass is 330 g/mol. The van der Waals surface area contributed by atoms with Crippen LogP contribution in [0, 0.1) is 0 Å². The van der Waals surface area contributed by atoms with E-state index in [1.807, 2.05) is 24.3 Å². The quantitative estimate of drug-likeness (QED) is 0.853. The maximum absolute atomic E-state index is 9.95. The van der Waals surface area contributed by atoms with Gasteiger partial charge in [0.05, 0.1) is 17.0 Å². The molecule has 1 N–H and O–H groups in total. The second-order valence-electron chi connectivity index (χ2n) is 3.07. The van der Waals surface area contributed by atoms with Gasteiger partial charge in [0.15, 0.2) is 0 Å². The van der Waals surface area contributed by atoms with Crippen LogP contribution in [0.4, 0.5) is 0 Å². The highest BCUT2D eigenvalue weighted by Crippen LogP contribution is 2.41. The number of methoxy groups -OCH3 is 1. The van der Waals surface area contributed by atoms with E-state index < -0.39 is 0 Å². The zero-order valence-electron chi connectivity index (χ0n) is 7.92. The van der Waals surface area contributed by atoms with E-state index in [0.29, 0.717) is 15.6 Å². The molecule has 2 aromatic carbocycles. The highest BCUT2D eigenvalue weighted by Gasteiger charge is 2.12. The Morgan fingerprint density at radius 2 is 1.93 bits per heavy atom.